The molecule has 0 bridgehead atoms. The van der Waals surface area contributed by atoms with Crippen LogP contribution in [0.4, 0.5) is 4.39 Å². The Morgan fingerprint density at radius 1 is 0.935 bits per heavy atom. The number of hydrogen-bond donors (Lipinski definition) is 2. The fraction of sp³-hybridized carbons (Fsp3) is 0.192. The Bertz CT molecular complexity index is 1050. The highest BCUT2D eigenvalue weighted by Gasteiger charge is 2.13. The molecule has 5 heteroatoms. The van der Waals surface area contributed by atoms with Gasteiger partial charge in [0.2, 0.25) is 0 Å². The van der Waals surface area contributed by atoms with E-state index >= 15 is 0 Å². The molecule has 0 unspecified atom stereocenters. The van der Waals surface area contributed by atoms with Crippen LogP contribution in [0.25, 0.3) is 5.70 Å². The zero-order chi connectivity index (χ0) is 22.4. The number of rotatable bonds is 7. The van der Waals surface area contributed by atoms with E-state index in [4.69, 9.17) is 4.74 Å². The number of benzene rings is 3. The fourth-order valence-corrected chi connectivity index (χ4v) is 2.95. The molecule has 0 spiro atoms. The second-order valence-electron chi connectivity index (χ2n) is 8.30. The monoisotopic (exact) mass is 418 g/mol. The van der Waals surface area contributed by atoms with E-state index in [1.807, 2.05) is 24.3 Å². The van der Waals surface area contributed by atoms with Gasteiger partial charge in [0.15, 0.2) is 0 Å². The lowest BCUT2D eigenvalue weighted by molar-refractivity contribution is 0.0942. The van der Waals surface area contributed by atoms with Gasteiger partial charge in [-0.2, -0.15) is 0 Å². The van der Waals surface area contributed by atoms with E-state index in [9.17, 15) is 9.18 Å². The molecule has 160 valence electrons. The van der Waals surface area contributed by atoms with Gasteiger partial charge in [-0.05, 0) is 52.9 Å². The number of hydrogen-bond acceptors (Lipinski definition) is 3. The van der Waals surface area contributed by atoms with Crippen molar-refractivity contribution in [1.82, 2.24) is 10.9 Å². The highest BCUT2D eigenvalue weighted by molar-refractivity contribution is 5.94. The van der Waals surface area contributed by atoms with Crippen molar-refractivity contribution < 1.29 is 13.9 Å². The van der Waals surface area contributed by atoms with Crippen LogP contribution in [-0.4, -0.2) is 5.91 Å². The quantitative estimate of drug-likeness (QED) is 0.491. The summed E-state index contributed by atoms with van der Waals surface area (Å²) < 4.78 is 19.6. The molecule has 0 saturated carbocycles. The first-order valence-electron chi connectivity index (χ1n) is 10.1. The molecule has 0 radical (unpaired) electrons. The first-order valence-corrected chi connectivity index (χ1v) is 10.1. The Kier molecular flexibility index (Phi) is 6.75. The summed E-state index contributed by atoms with van der Waals surface area (Å²) in [6.45, 7) is 10.7. The van der Waals surface area contributed by atoms with E-state index in [0.717, 1.165) is 11.3 Å². The Hall–Kier alpha value is -3.60. The minimum Gasteiger partial charge on any atom is -0.489 e. The molecule has 3 aromatic rings. The number of amides is 1. The molecule has 31 heavy (non-hydrogen) atoms. The molecule has 0 aliphatic carbocycles. The number of carbonyl (C=O) groups is 1. The molecule has 2 N–H and O–H groups in total. The summed E-state index contributed by atoms with van der Waals surface area (Å²) in [5, 5.41) is 0. The third-order valence-electron chi connectivity index (χ3n) is 4.87. The lowest BCUT2D eigenvalue weighted by Crippen LogP contribution is -2.36. The van der Waals surface area contributed by atoms with Crippen LogP contribution < -0.4 is 15.6 Å². The van der Waals surface area contributed by atoms with Gasteiger partial charge in [-0.25, -0.2) is 4.39 Å². The van der Waals surface area contributed by atoms with E-state index in [1.54, 1.807) is 30.3 Å². The largest absolute Gasteiger partial charge is 0.489 e. The minimum absolute atomic E-state index is 0.103. The molecule has 0 atom stereocenters. The number of hydrazine groups is 1. The van der Waals surface area contributed by atoms with Crippen LogP contribution in [0, 0.1) is 5.82 Å². The standard InChI is InChI=1S/C26H27FN2O2/c1-18(23-7-5-6-8-24(23)27)28-29-25(30)20-11-9-19(10-12-20)17-31-22-15-13-21(14-16-22)26(2,3)4/h5-16,28H,1,17H2,2-4H3,(H,29,30). The summed E-state index contributed by atoms with van der Waals surface area (Å²) in [4.78, 5) is 12.3. The van der Waals surface area contributed by atoms with Gasteiger partial charge in [-0.1, -0.05) is 63.7 Å². The lowest BCUT2D eigenvalue weighted by atomic mass is 9.87. The molecular formula is C26H27FN2O2. The smallest absolute Gasteiger partial charge is 0.269 e. The maximum Gasteiger partial charge on any atom is 0.269 e. The van der Waals surface area contributed by atoms with Gasteiger partial charge < -0.3 is 4.74 Å². The van der Waals surface area contributed by atoms with Crippen molar-refractivity contribution in [3.8, 4) is 5.75 Å². The average molecular weight is 419 g/mol. The zero-order valence-electron chi connectivity index (χ0n) is 18.0. The molecule has 4 nitrogen and oxygen atoms in total. The predicted molar refractivity (Wildman–Crippen MR) is 122 cm³/mol. The average Bonchev–Trinajstić information content (AvgIpc) is 2.76. The van der Waals surface area contributed by atoms with Crippen molar-refractivity contribution >= 4 is 11.6 Å². The van der Waals surface area contributed by atoms with Crippen LogP contribution in [0.15, 0.2) is 79.4 Å². The maximum absolute atomic E-state index is 13.8. The molecule has 3 aromatic carbocycles. The summed E-state index contributed by atoms with van der Waals surface area (Å²) in [5.74, 6) is 0.0417. The Morgan fingerprint density at radius 2 is 1.58 bits per heavy atom. The van der Waals surface area contributed by atoms with Gasteiger partial charge in [0.25, 0.3) is 5.91 Å². The number of halogens is 1. The van der Waals surface area contributed by atoms with E-state index in [0.29, 0.717) is 17.7 Å². The highest BCUT2D eigenvalue weighted by atomic mass is 19.1. The third kappa shape index (κ3) is 5.95. The first-order chi connectivity index (χ1) is 14.7. The van der Waals surface area contributed by atoms with Crippen molar-refractivity contribution in [3.63, 3.8) is 0 Å². The van der Waals surface area contributed by atoms with Crippen LogP contribution in [0.5, 0.6) is 5.75 Å². The van der Waals surface area contributed by atoms with Gasteiger partial charge in [-0.3, -0.25) is 15.6 Å². The topological polar surface area (TPSA) is 50.4 Å². The Morgan fingerprint density at radius 3 is 2.19 bits per heavy atom. The molecule has 0 heterocycles. The molecule has 0 aromatic heterocycles. The SMILES string of the molecule is C=C(NNC(=O)c1ccc(COc2ccc(C(C)(C)C)cc2)cc1)c1ccccc1F. The number of carbonyl (C=O) groups excluding carboxylic acids is 1. The van der Waals surface area contributed by atoms with Crippen molar-refractivity contribution in [2.75, 3.05) is 0 Å². The van der Waals surface area contributed by atoms with Crippen LogP contribution in [-0.2, 0) is 12.0 Å². The molecule has 0 aliphatic heterocycles. The van der Waals surface area contributed by atoms with Gasteiger partial charge in [-0.15, -0.1) is 0 Å². The minimum atomic E-state index is -0.411. The van der Waals surface area contributed by atoms with Crippen molar-refractivity contribution in [2.45, 2.75) is 32.8 Å². The van der Waals surface area contributed by atoms with Crippen molar-refractivity contribution in [2.24, 2.45) is 0 Å². The molecule has 0 saturated heterocycles. The van der Waals surface area contributed by atoms with Crippen LogP contribution >= 0.6 is 0 Å². The van der Waals surface area contributed by atoms with Gasteiger partial charge in [0.1, 0.15) is 18.2 Å². The van der Waals surface area contributed by atoms with Crippen molar-refractivity contribution in [1.29, 1.82) is 0 Å². The van der Waals surface area contributed by atoms with Crippen molar-refractivity contribution in [3.05, 3.63) is 107 Å². The zero-order valence-corrected chi connectivity index (χ0v) is 18.0. The van der Waals surface area contributed by atoms with Crippen LogP contribution in [0.2, 0.25) is 0 Å². The van der Waals surface area contributed by atoms with Gasteiger partial charge in [0, 0.05) is 11.1 Å². The fourth-order valence-electron chi connectivity index (χ4n) is 2.95. The summed E-state index contributed by atoms with van der Waals surface area (Å²) in [6, 6.07) is 21.4. The molecular weight excluding hydrogens is 391 g/mol. The summed E-state index contributed by atoms with van der Waals surface area (Å²) in [5.41, 5.74) is 8.52. The van der Waals surface area contributed by atoms with Gasteiger partial charge >= 0.3 is 0 Å². The highest BCUT2D eigenvalue weighted by Crippen LogP contribution is 2.24. The normalized spacial score (nSPS) is 11.0. The van der Waals surface area contributed by atoms with E-state index in [2.05, 4.69) is 50.3 Å². The molecule has 0 aliphatic rings. The summed E-state index contributed by atoms with van der Waals surface area (Å²) >= 11 is 0. The summed E-state index contributed by atoms with van der Waals surface area (Å²) in [7, 11) is 0. The Balaban J connectivity index is 1.52. The number of ether oxygens (including phenoxy) is 1. The van der Waals surface area contributed by atoms with E-state index in [-0.39, 0.29) is 17.0 Å². The van der Waals surface area contributed by atoms with Crippen LogP contribution in [0.1, 0.15) is 47.8 Å². The maximum atomic E-state index is 13.8. The molecule has 0 fully saturated rings. The van der Waals surface area contributed by atoms with Gasteiger partial charge in [0.05, 0.1) is 5.70 Å². The second-order valence-corrected chi connectivity index (χ2v) is 8.30. The summed E-state index contributed by atoms with van der Waals surface area (Å²) in [6.07, 6.45) is 0. The Labute approximate surface area is 182 Å². The third-order valence-corrected chi connectivity index (χ3v) is 4.87. The lowest BCUT2D eigenvalue weighted by Gasteiger charge is -2.19. The molecule has 3 rings (SSSR count). The van der Waals surface area contributed by atoms with E-state index in [1.165, 1.54) is 11.6 Å². The predicted octanol–water partition coefficient (Wildman–Crippen LogP) is 5.61. The number of nitrogens with one attached hydrogen (secondary N) is 2. The second kappa shape index (κ2) is 9.47. The van der Waals surface area contributed by atoms with Crippen LogP contribution in [0.3, 0.4) is 0 Å². The molecule has 1 amide bonds. The van der Waals surface area contributed by atoms with E-state index < -0.39 is 5.82 Å². The first kappa shape index (κ1) is 22.1.